The number of hydrogen-bond acceptors (Lipinski definition) is 1. The Kier molecular flexibility index (Phi) is 2.10. The van der Waals surface area contributed by atoms with Crippen molar-refractivity contribution in [2.45, 2.75) is 0 Å². The zero-order valence-corrected chi connectivity index (χ0v) is 10.7. The first kappa shape index (κ1) is 11.0. The van der Waals surface area contributed by atoms with E-state index in [1.54, 1.807) is 0 Å². The van der Waals surface area contributed by atoms with E-state index in [1.807, 2.05) is 18.2 Å². The van der Waals surface area contributed by atoms with Crippen molar-refractivity contribution in [3.63, 3.8) is 0 Å². The Morgan fingerprint density at radius 1 is 0.800 bits per heavy atom. The third-order valence-electron chi connectivity index (χ3n) is 3.90. The molecule has 0 atom stereocenters. The van der Waals surface area contributed by atoms with Crippen molar-refractivity contribution in [1.82, 2.24) is 0 Å². The molecule has 0 saturated heterocycles. The topological polar surface area (TPSA) is 17.1 Å². The summed E-state index contributed by atoms with van der Waals surface area (Å²) in [4.78, 5) is 11.9. The third kappa shape index (κ3) is 1.31. The monoisotopic (exact) mass is 254 g/mol. The fraction of sp³-hybridized carbons (Fsp3) is 0. The molecule has 4 rings (SSSR count). The van der Waals surface area contributed by atoms with Crippen LogP contribution in [0.3, 0.4) is 0 Å². The summed E-state index contributed by atoms with van der Waals surface area (Å²) in [6.45, 7) is 0. The highest BCUT2D eigenvalue weighted by Gasteiger charge is 2.13. The normalized spacial score (nSPS) is 11.2. The zero-order chi connectivity index (χ0) is 13.7. The van der Waals surface area contributed by atoms with E-state index in [2.05, 4.69) is 42.3 Å². The van der Waals surface area contributed by atoms with E-state index in [9.17, 15) is 4.79 Å². The van der Waals surface area contributed by atoms with Gasteiger partial charge < -0.3 is 0 Å². The van der Waals surface area contributed by atoms with Crippen LogP contribution in [0.1, 0.15) is 10.4 Å². The van der Waals surface area contributed by atoms with Gasteiger partial charge in [0.15, 0.2) is 0 Å². The van der Waals surface area contributed by atoms with Gasteiger partial charge in [-0.2, -0.15) is 0 Å². The molecule has 0 aliphatic rings. The first-order valence-electron chi connectivity index (χ1n) is 6.47. The Balaban J connectivity index is 2.33. The molecule has 1 heteroatoms. The van der Waals surface area contributed by atoms with Crippen LogP contribution in [0.25, 0.3) is 32.3 Å². The smallest absolute Gasteiger partial charge is 0.236 e. The summed E-state index contributed by atoms with van der Waals surface area (Å²) in [5.41, 5.74) is 0.609. The van der Waals surface area contributed by atoms with Crippen LogP contribution in [0.15, 0.2) is 54.6 Å². The van der Waals surface area contributed by atoms with Crippen molar-refractivity contribution in [2.75, 3.05) is 0 Å². The highest BCUT2D eigenvalue weighted by molar-refractivity contribution is 6.28. The van der Waals surface area contributed by atoms with Crippen LogP contribution in [-0.2, 0) is 0 Å². The van der Waals surface area contributed by atoms with E-state index in [4.69, 9.17) is 6.42 Å². The Morgan fingerprint density at radius 2 is 1.40 bits per heavy atom. The molecule has 4 aromatic carbocycles. The number of benzene rings is 4. The highest BCUT2D eigenvalue weighted by Crippen LogP contribution is 2.35. The molecule has 0 N–H and O–H groups in total. The van der Waals surface area contributed by atoms with Gasteiger partial charge in [-0.1, -0.05) is 48.5 Å². The number of hydrogen-bond donors (Lipinski definition) is 0. The minimum Gasteiger partial charge on any atom is -0.279 e. The zero-order valence-electron chi connectivity index (χ0n) is 10.7. The second-order valence-electron chi connectivity index (χ2n) is 4.94. The molecule has 0 aliphatic carbocycles. The van der Waals surface area contributed by atoms with Crippen LogP contribution >= 0.6 is 0 Å². The van der Waals surface area contributed by atoms with Gasteiger partial charge in [-0.05, 0) is 44.3 Å². The molecule has 0 unspecified atom stereocenters. The number of carbonyl (C=O) groups is 1. The lowest BCUT2D eigenvalue weighted by molar-refractivity contribution is 0.105. The van der Waals surface area contributed by atoms with Crippen LogP contribution in [0.2, 0.25) is 0 Å². The summed E-state index contributed by atoms with van der Waals surface area (Å²) in [5.74, 6) is 1.96. The van der Waals surface area contributed by atoms with Gasteiger partial charge in [0.2, 0.25) is 5.78 Å². The maximum absolute atomic E-state index is 11.9. The summed E-state index contributed by atoms with van der Waals surface area (Å²) < 4.78 is 0. The van der Waals surface area contributed by atoms with E-state index in [1.165, 1.54) is 16.2 Å². The van der Waals surface area contributed by atoms with E-state index in [0.29, 0.717) is 5.56 Å². The lowest BCUT2D eigenvalue weighted by atomic mass is 9.91. The van der Waals surface area contributed by atoms with E-state index in [-0.39, 0.29) is 5.78 Å². The molecule has 0 saturated carbocycles. The molecule has 0 fully saturated rings. The summed E-state index contributed by atoms with van der Waals surface area (Å²) in [6, 6.07) is 18.3. The Labute approximate surface area is 116 Å². The molecule has 0 radical (unpaired) electrons. The fourth-order valence-electron chi connectivity index (χ4n) is 3.01. The molecule has 0 aromatic heterocycles. The van der Waals surface area contributed by atoms with Crippen molar-refractivity contribution in [1.29, 1.82) is 0 Å². The Bertz CT molecular complexity index is 1000. The molecule has 20 heavy (non-hydrogen) atoms. The number of rotatable bonds is 1. The van der Waals surface area contributed by atoms with Crippen molar-refractivity contribution in [3.05, 3.63) is 60.2 Å². The average Bonchev–Trinajstić information content (AvgIpc) is 2.51. The molecular weight excluding hydrogens is 244 g/mol. The second kappa shape index (κ2) is 3.82. The summed E-state index contributed by atoms with van der Waals surface area (Å²) in [6.07, 6.45) is 5.28. The van der Waals surface area contributed by atoms with Gasteiger partial charge in [-0.25, -0.2) is 0 Å². The molecule has 0 aliphatic heterocycles. The molecule has 0 heterocycles. The van der Waals surface area contributed by atoms with Gasteiger partial charge in [0.05, 0.1) is 0 Å². The van der Waals surface area contributed by atoms with Crippen molar-refractivity contribution in [3.8, 4) is 12.3 Å². The predicted molar refractivity (Wildman–Crippen MR) is 83.3 cm³/mol. The minimum atomic E-state index is -0.261. The summed E-state index contributed by atoms with van der Waals surface area (Å²) >= 11 is 0. The fourth-order valence-corrected chi connectivity index (χ4v) is 3.01. The molecule has 0 amide bonds. The van der Waals surface area contributed by atoms with Gasteiger partial charge in [0.1, 0.15) is 0 Å². The average molecular weight is 254 g/mol. The van der Waals surface area contributed by atoms with Gasteiger partial charge in [0, 0.05) is 5.56 Å². The lowest BCUT2D eigenvalue weighted by Gasteiger charge is -2.12. The second-order valence-corrected chi connectivity index (χ2v) is 4.94. The van der Waals surface area contributed by atoms with Crippen LogP contribution in [0.5, 0.6) is 0 Å². The van der Waals surface area contributed by atoms with Gasteiger partial charge >= 0.3 is 0 Å². The Hall–Kier alpha value is -2.85. The van der Waals surface area contributed by atoms with Crippen LogP contribution in [0, 0.1) is 12.3 Å². The minimum absolute atomic E-state index is 0.261. The van der Waals surface area contributed by atoms with Gasteiger partial charge in [0.25, 0.3) is 0 Å². The highest BCUT2D eigenvalue weighted by atomic mass is 16.1. The maximum atomic E-state index is 11.9. The van der Waals surface area contributed by atoms with E-state index < -0.39 is 0 Å². The maximum Gasteiger partial charge on any atom is 0.236 e. The van der Waals surface area contributed by atoms with E-state index in [0.717, 1.165) is 16.2 Å². The largest absolute Gasteiger partial charge is 0.279 e. The number of ketones is 1. The van der Waals surface area contributed by atoms with E-state index >= 15 is 0 Å². The molecule has 4 aromatic rings. The third-order valence-corrected chi connectivity index (χ3v) is 3.90. The molecule has 0 spiro atoms. The summed E-state index contributed by atoms with van der Waals surface area (Å²) in [5, 5.41) is 6.78. The predicted octanol–water partition coefficient (Wildman–Crippen LogP) is 4.40. The quantitative estimate of drug-likeness (QED) is 0.213. The van der Waals surface area contributed by atoms with Gasteiger partial charge in [-0.3, -0.25) is 4.79 Å². The van der Waals surface area contributed by atoms with Crippen molar-refractivity contribution in [2.24, 2.45) is 0 Å². The van der Waals surface area contributed by atoms with Gasteiger partial charge in [-0.15, -0.1) is 6.42 Å². The lowest BCUT2D eigenvalue weighted by Crippen LogP contribution is -1.97. The molecule has 92 valence electrons. The van der Waals surface area contributed by atoms with Crippen LogP contribution in [0.4, 0.5) is 0 Å². The SMILES string of the molecule is C#CC(=O)c1ccc2ccc3cccc4ccc1c2c34. The van der Waals surface area contributed by atoms with Crippen molar-refractivity contribution >= 4 is 38.1 Å². The van der Waals surface area contributed by atoms with Crippen LogP contribution in [-0.4, -0.2) is 5.78 Å². The summed E-state index contributed by atoms with van der Waals surface area (Å²) in [7, 11) is 0. The Morgan fingerprint density at radius 3 is 2.10 bits per heavy atom. The molecule has 1 nitrogen and oxygen atoms in total. The molecular formula is C19H10O. The molecule has 0 bridgehead atoms. The number of terminal acetylenes is 1. The number of Topliss-reactive ketones (excluding diaryl/α,β-unsaturated/α-hetero) is 1. The van der Waals surface area contributed by atoms with Crippen LogP contribution < -0.4 is 0 Å². The standard InChI is InChI=1S/C19H10O/c1-2-17(20)15-10-8-14-7-6-12-4-3-5-13-9-11-16(15)19(14)18(12)13/h1,3-11H. The van der Waals surface area contributed by atoms with Crippen molar-refractivity contribution < 1.29 is 4.79 Å². The first-order chi connectivity index (χ1) is 9.79. The first-order valence-corrected chi connectivity index (χ1v) is 6.47. The number of carbonyl (C=O) groups excluding carboxylic acids is 1.